The first-order valence-electron chi connectivity index (χ1n) is 5.11. The number of anilines is 1. The fraction of sp³-hybridized carbons (Fsp3) is 0.364. The molecule has 0 radical (unpaired) electrons. The molecule has 0 bridgehead atoms. The minimum atomic E-state index is -4.39. The maximum Gasteiger partial charge on any atom is 0.405 e. The predicted octanol–water partition coefficient (Wildman–Crippen LogP) is 2.85. The van der Waals surface area contributed by atoms with E-state index in [1.165, 1.54) is 0 Å². The zero-order chi connectivity index (χ0) is 13.8. The second-order valence-electron chi connectivity index (χ2n) is 3.70. The van der Waals surface area contributed by atoms with E-state index in [-0.39, 0.29) is 6.54 Å². The molecule has 7 heteroatoms. The van der Waals surface area contributed by atoms with Crippen LogP contribution in [0.5, 0.6) is 0 Å². The normalized spacial score (nSPS) is 11.2. The van der Waals surface area contributed by atoms with E-state index >= 15 is 0 Å². The molecule has 0 aliphatic heterocycles. The lowest BCUT2D eigenvalue weighted by atomic mass is 10.2. The van der Waals surface area contributed by atoms with Gasteiger partial charge in [-0.1, -0.05) is 22.0 Å². The molecule has 0 aromatic heterocycles. The summed E-state index contributed by atoms with van der Waals surface area (Å²) < 4.78 is 36.4. The Morgan fingerprint density at radius 3 is 2.67 bits per heavy atom. The lowest BCUT2D eigenvalue weighted by molar-refractivity contribution is -0.137. The Morgan fingerprint density at radius 1 is 1.39 bits per heavy atom. The number of rotatable bonds is 4. The van der Waals surface area contributed by atoms with Gasteiger partial charge in [-0.05, 0) is 24.6 Å². The molecule has 0 unspecified atom stereocenters. The van der Waals surface area contributed by atoms with Gasteiger partial charge in [0, 0.05) is 10.2 Å². The molecule has 18 heavy (non-hydrogen) atoms. The van der Waals surface area contributed by atoms with Crippen molar-refractivity contribution < 1.29 is 18.0 Å². The maximum absolute atomic E-state index is 11.9. The summed E-state index contributed by atoms with van der Waals surface area (Å²) in [7, 11) is 0. The molecular weight excluding hydrogens is 313 g/mol. The Labute approximate surface area is 111 Å². The van der Waals surface area contributed by atoms with Gasteiger partial charge in [0.25, 0.3) is 0 Å². The Bertz CT molecular complexity index is 435. The summed E-state index contributed by atoms with van der Waals surface area (Å²) in [5.41, 5.74) is 1.60. The van der Waals surface area contributed by atoms with E-state index in [0.717, 1.165) is 10.0 Å². The third-order valence-electron chi connectivity index (χ3n) is 2.13. The molecule has 0 spiro atoms. The van der Waals surface area contributed by atoms with E-state index in [2.05, 4.69) is 21.2 Å². The number of halogens is 4. The molecule has 3 nitrogen and oxygen atoms in total. The smallest absolute Gasteiger partial charge is 0.376 e. The summed E-state index contributed by atoms with van der Waals surface area (Å²) in [5.74, 6) is -0.702. The van der Waals surface area contributed by atoms with Crippen molar-refractivity contribution in [3.63, 3.8) is 0 Å². The van der Waals surface area contributed by atoms with Crippen molar-refractivity contribution in [3.05, 3.63) is 28.2 Å². The molecule has 0 saturated carbocycles. The van der Waals surface area contributed by atoms with Crippen LogP contribution in [0.15, 0.2) is 22.7 Å². The summed E-state index contributed by atoms with van der Waals surface area (Å²) >= 11 is 3.27. The van der Waals surface area contributed by atoms with Gasteiger partial charge in [0.1, 0.15) is 6.54 Å². The second-order valence-corrected chi connectivity index (χ2v) is 4.62. The number of aryl methyl sites for hydroxylation is 1. The number of carbonyl (C=O) groups is 1. The number of amides is 1. The Hall–Kier alpha value is -1.24. The fourth-order valence-electron chi connectivity index (χ4n) is 1.22. The highest BCUT2D eigenvalue weighted by Gasteiger charge is 2.27. The second kappa shape index (κ2) is 6.08. The van der Waals surface area contributed by atoms with E-state index in [0.29, 0.717) is 5.69 Å². The number of alkyl halides is 3. The van der Waals surface area contributed by atoms with Crippen LogP contribution in [0.4, 0.5) is 18.9 Å². The van der Waals surface area contributed by atoms with Crippen molar-refractivity contribution in [1.82, 2.24) is 5.32 Å². The molecule has 2 N–H and O–H groups in total. The van der Waals surface area contributed by atoms with Gasteiger partial charge in [0.05, 0.1) is 6.54 Å². The van der Waals surface area contributed by atoms with Gasteiger partial charge in [-0.25, -0.2) is 0 Å². The maximum atomic E-state index is 11.9. The fourth-order valence-corrected chi connectivity index (χ4v) is 1.58. The lowest BCUT2D eigenvalue weighted by Crippen LogP contribution is -2.37. The minimum absolute atomic E-state index is 0.201. The van der Waals surface area contributed by atoms with Gasteiger partial charge in [-0.2, -0.15) is 13.2 Å². The summed E-state index contributed by atoms with van der Waals surface area (Å²) in [5, 5.41) is 4.57. The van der Waals surface area contributed by atoms with Gasteiger partial charge < -0.3 is 10.6 Å². The minimum Gasteiger partial charge on any atom is -0.376 e. The summed E-state index contributed by atoms with van der Waals surface area (Å²) in [6.45, 7) is 0.320. The van der Waals surface area contributed by atoms with Crippen molar-refractivity contribution >= 4 is 27.5 Å². The van der Waals surface area contributed by atoms with Crippen LogP contribution in [0.3, 0.4) is 0 Å². The molecule has 1 aromatic carbocycles. The van der Waals surface area contributed by atoms with Crippen LogP contribution in [0.2, 0.25) is 0 Å². The first kappa shape index (κ1) is 14.8. The Kier molecular flexibility index (Phi) is 5.01. The summed E-state index contributed by atoms with van der Waals surface area (Å²) in [6, 6.07) is 5.43. The van der Waals surface area contributed by atoms with Crippen LogP contribution >= 0.6 is 15.9 Å². The molecule has 0 atom stereocenters. The molecule has 0 aliphatic carbocycles. The van der Waals surface area contributed by atoms with Crippen LogP contribution in [-0.4, -0.2) is 25.2 Å². The van der Waals surface area contributed by atoms with Crippen molar-refractivity contribution in [3.8, 4) is 0 Å². The van der Waals surface area contributed by atoms with Crippen LogP contribution in [0.25, 0.3) is 0 Å². The zero-order valence-corrected chi connectivity index (χ0v) is 11.2. The van der Waals surface area contributed by atoms with Gasteiger partial charge in [0.15, 0.2) is 0 Å². The summed E-state index contributed by atoms with van der Waals surface area (Å²) in [4.78, 5) is 11.2. The first-order valence-corrected chi connectivity index (χ1v) is 5.91. The number of benzene rings is 1. The molecule has 0 fully saturated rings. The number of carbonyl (C=O) groups excluding carboxylic acids is 1. The Balaban J connectivity index is 2.45. The van der Waals surface area contributed by atoms with Gasteiger partial charge in [0.2, 0.25) is 5.91 Å². The Morgan fingerprint density at radius 2 is 2.06 bits per heavy atom. The van der Waals surface area contributed by atoms with Gasteiger partial charge >= 0.3 is 6.18 Å². The monoisotopic (exact) mass is 324 g/mol. The zero-order valence-electron chi connectivity index (χ0n) is 9.57. The SMILES string of the molecule is Cc1ccc(Br)cc1NCC(=O)NCC(F)(F)F. The number of nitrogens with one attached hydrogen (secondary N) is 2. The van der Waals surface area contributed by atoms with Crippen LogP contribution < -0.4 is 10.6 Å². The van der Waals surface area contributed by atoms with Crippen molar-refractivity contribution in [2.24, 2.45) is 0 Å². The first-order chi connectivity index (χ1) is 8.28. The molecule has 0 aliphatic rings. The van der Waals surface area contributed by atoms with Crippen molar-refractivity contribution in [2.45, 2.75) is 13.1 Å². The molecule has 0 saturated heterocycles. The third-order valence-corrected chi connectivity index (χ3v) is 2.62. The van der Waals surface area contributed by atoms with E-state index in [1.54, 1.807) is 11.4 Å². The van der Waals surface area contributed by atoms with E-state index in [9.17, 15) is 18.0 Å². The van der Waals surface area contributed by atoms with E-state index in [1.807, 2.05) is 19.1 Å². The van der Waals surface area contributed by atoms with Crippen LogP contribution in [0.1, 0.15) is 5.56 Å². The molecule has 1 aromatic rings. The standard InChI is InChI=1S/C11H12BrF3N2O/c1-7-2-3-8(12)4-9(7)16-5-10(18)17-6-11(13,14)15/h2-4,16H,5-6H2,1H3,(H,17,18). The third kappa shape index (κ3) is 5.39. The van der Waals surface area contributed by atoms with E-state index in [4.69, 9.17) is 0 Å². The molecule has 1 amide bonds. The number of hydrogen-bond donors (Lipinski definition) is 2. The van der Waals surface area contributed by atoms with E-state index < -0.39 is 18.6 Å². The van der Waals surface area contributed by atoms with Crippen molar-refractivity contribution in [2.75, 3.05) is 18.4 Å². The molecule has 100 valence electrons. The largest absolute Gasteiger partial charge is 0.405 e. The van der Waals surface area contributed by atoms with Crippen molar-refractivity contribution in [1.29, 1.82) is 0 Å². The van der Waals surface area contributed by atoms with Crippen LogP contribution in [-0.2, 0) is 4.79 Å². The van der Waals surface area contributed by atoms with Gasteiger partial charge in [-0.15, -0.1) is 0 Å². The van der Waals surface area contributed by atoms with Crippen LogP contribution in [0, 0.1) is 6.92 Å². The van der Waals surface area contributed by atoms with Gasteiger partial charge in [-0.3, -0.25) is 4.79 Å². The quantitative estimate of drug-likeness (QED) is 0.894. The topological polar surface area (TPSA) is 41.1 Å². The lowest BCUT2D eigenvalue weighted by Gasteiger charge is -2.11. The molecule has 1 rings (SSSR count). The average molecular weight is 325 g/mol. The predicted molar refractivity (Wildman–Crippen MR) is 66.4 cm³/mol. The highest BCUT2D eigenvalue weighted by atomic mass is 79.9. The summed E-state index contributed by atoms with van der Waals surface area (Å²) in [6.07, 6.45) is -4.39. The average Bonchev–Trinajstić information content (AvgIpc) is 2.26. The molecular formula is C11H12BrF3N2O. The highest BCUT2D eigenvalue weighted by molar-refractivity contribution is 9.10. The number of hydrogen-bond acceptors (Lipinski definition) is 2. The molecule has 0 heterocycles. The highest BCUT2D eigenvalue weighted by Crippen LogP contribution is 2.20.